The molecule has 0 atom stereocenters. The predicted octanol–water partition coefficient (Wildman–Crippen LogP) is -0.587. The van der Waals surface area contributed by atoms with Gasteiger partial charge >= 0.3 is 0 Å². The molecule has 6 nitrogen and oxygen atoms in total. The van der Waals surface area contributed by atoms with Crippen molar-refractivity contribution < 1.29 is 9.53 Å². The van der Waals surface area contributed by atoms with Crippen molar-refractivity contribution in [2.45, 2.75) is 13.5 Å². The fraction of sp³-hybridized carbons (Fsp3) is 0.625. The zero-order valence-electron chi connectivity index (χ0n) is 7.93. The van der Waals surface area contributed by atoms with Gasteiger partial charge < -0.3 is 10.5 Å². The van der Waals surface area contributed by atoms with Crippen LogP contribution in [0.1, 0.15) is 17.4 Å². The number of carbonyl (C=O) groups is 1. The SMILES string of the molecule is CC1(Cn2cc(C(N)=O)nn2)COC1. The number of rotatable bonds is 3. The molecule has 1 aromatic rings. The molecule has 1 aliphatic rings. The Labute approximate surface area is 81.0 Å². The molecule has 0 aromatic carbocycles. The van der Waals surface area contributed by atoms with Crippen molar-refractivity contribution in [2.75, 3.05) is 13.2 Å². The minimum atomic E-state index is -0.550. The van der Waals surface area contributed by atoms with Crippen molar-refractivity contribution in [1.29, 1.82) is 0 Å². The van der Waals surface area contributed by atoms with Crippen LogP contribution in [0.25, 0.3) is 0 Å². The lowest BCUT2D eigenvalue weighted by Crippen LogP contribution is -2.43. The van der Waals surface area contributed by atoms with Gasteiger partial charge in [0.2, 0.25) is 0 Å². The smallest absolute Gasteiger partial charge is 0.270 e. The summed E-state index contributed by atoms with van der Waals surface area (Å²) in [6.45, 7) is 4.24. The Morgan fingerprint density at radius 3 is 2.93 bits per heavy atom. The van der Waals surface area contributed by atoms with Crippen LogP contribution in [0, 0.1) is 5.41 Å². The molecule has 14 heavy (non-hydrogen) atoms. The second-order valence-corrected chi connectivity index (χ2v) is 3.97. The first-order valence-electron chi connectivity index (χ1n) is 4.37. The molecule has 1 aromatic heterocycles. The number of hydrogen-bond donors (Lipinski definition) is 1. The number of nitrogens with two attached hydrogens (primary N) is 1. The van der Waals surface area contributed by atoms with E-state index in [-0.39, 0.29) is 11.1 Å². The lowest BCUT2D eigenvalue weighted by molar-refractivity contribution is -0.111. The number of nitrogens with zero attached hydrogens (tertiary/aromatic N) is 3. The first kappa shape index (κ1) is 9.14. The first-order valence-corrected chi connectivity index (χ1v) is 4.37. The Bertz CT molecular complexity index is 356. The summed E-state index contributed by atoms with van der Waals surface area (Å²) in [5.74, 6) is -0.550. The molecule has 0 radical (unpaired) electrons. The Kier molecular flexibility index (Phi) is 1.99. The van der Waals surface area contributed by atoms with Crippen LogP contribution in [-0.4, -0.2) is 34.1 Å². The van der Waals surface area contributed by atoms with Gasteiger partial charge in [0.1, 0.15) is 0 Å². The summed E-state index contributed by atoms with van der Waals surface area (Å²) in [5.41, 5.74) is 5.37. The number of aromatic nitrogens is 3. The highest BCUT2D eigenvalue weighted by Crippen LogP contribution is 2.27. The van der Waals surface area contributed by atoms with Crippen LogP contribution in [0.15, 0.2) is 6.20 Å². The molecular weight excluding hydrogens is 184 g/mol. The van der Waals surface area contributed by atoms with Gasteiger partial charge in [-0.1, -0.05) is 12.1 Å². The van der Waals surface area contributed by atoms with Crippen molar-refractivity contribution in [3.63, 3.8) is 0 Å². The highest BCUT2D eigenvalue weighted by molar-refractivity contribution is 5.90. The van der Waals surface area contributed by atoms with Crippen LogP contribution in [-0.2, 0) is 11.3 Å². The van der Waals surface area contributed by atoms with Crippen molar-refractivity contribution >= 4 is 5.91 Å². The van der Waals surface area contributed by atoms with E-state index in [1.54, 1.807) is 10.9 Å². The van der Waals surface area contributed by atoms with Crippen LogP contribution in [0.4, 0.5) is 0 Å². The molecule has 0 spiro atoms. The molecule has 0 unspecified atom stereocenters. The van der Waals surface area contributed by atoms with Gasteiger partial charge in [-0.05, 0) is 0 Å². The van der Waals surface area contributed by atoms with E-state index in [9.17, 15) is 4.79 Å². The van der Waals surface area contributed by atoms with Gasteiger partial charge in [0.15, 0.2) is 5.69 Å². The van der Waals surface area contributed by atoms with Gasteiger partial charge in [-0.2, -0.15) is 0 Å². The van der Waals surface area contributed by atoms with Gasteiger partial charge in [-0.15, -0.1) is 5.10 Å². The summed E-state index contributed by atoms with van der Waals surface area (Å²) in [6, 6.07) is 0. The largest absolute Gasteiger partial charge is 0.380 e. The summed E-state index contributed by atoms with van der Waals surface area (Å²) in [6.07, 6.45) is 1.56. The molecule has 1 aliphatic heterocycles. The third kappa shape index (κ3) is 1.60. The molecule has 1 fully saturated rings. The molecule has 76 valence electrons. The Balaban J connectivity index is 2.06. The fourth-order valence-electron chi connectivity index (χ4n) is 1.42. The summed E-state index contributed by atoms with van der Waals surface area (Å²) in [4.78, 5) is 10.7. The minimum absolute atomic E-state index is 0.114. The number of amides is 1. The number of hydrogen-bond acceptors (Lipinski definition) is 4. The van der Waals surface area contributed by atoms with Crippen molar-refractivity contribution in [1.82, 2.24) is 15.0 Å². The summed E-state index contributed by atoms with van der Waals surface area (Å²) < 4.78 is 6.74. The van der Waals surface area contributed by atoms with Crippen molar-refractivity contribution in [3.05, 3.63) is 11.9 Å². The second-order valence-electron chi connectivity index (χ2n) is 3.97. The van der Waals surface area contributed by atoms with Crippen LogP contribution in [0.5, 0.6) is 0 Å². The first-order chi connectivity index (χ1) is 6.59. The van der Waals surface area contributed by atoms with E-state index < -0.39 is 5.91 Å². The molecule has 2 rings (SSSR count). The lowest BCUT2D eigenvalue weighted by atomic mass is 9.89. The van der Waals surface area contributed by atoms with E-state index in [1.807, 2.05) is 0 Å². The van der Waals surface area contributed by atoms with Gasteiger partial charge in [0.05, 0.1) is 26.0 Å². The zero-order chi connectivity index (χ0) is 10.2. The maximum atomic E-state index is 10.7. The van der Waals surface area contributed by atoms with Gasteiger partial charge in [-0.25, -0.2) is 0 Å². The third-order valence-electron chi connectivity index (χ3n) is 2.24. The zero-order valence-corrected chi connectivity index (χ0v) is 7.93. The molecular formula is C8H12N4O2. The molecule has 2 N–H and O–H groups in total. The molecule has 1 amide bonds. The van der Waals surface area contributed by atoms with E-state index in [0.29, 0.717) is 6.54 Å². The Morgan fingerprint density at radius 2 is 2.50 bits per heavy atom. The molecule has 0 aliphatic carbocycles. The minimum Gasteiger partial charge on any atom is -0.380 e. The lowest BCUT2D eigenvalue weighted by Gasteiger charge is -2.37. The Hall–Kier alpha value is -1.43. The van der Waals surface area contributed by atoms with Crippen molar-refractivity contribution in [2.24, 2.45) is 11.1 Å². The van der Waals surface area contributed by atoms with Crippen LogP contribution < -0.4 is 5.73 Å². The molecule has 6 heteroatoms. The summed E-state index contributed by atoms with van der Waals surface area (Å²) >= 11 is 0. The standard InChI is InChI=1S/C8H12N4O2/c1-8(4-14-5-8)3-12-2-6(7(9)13)10-11-12/h2H,3-5H2,1H3,(H2,9,13). The Morgan fingerprint density at radius 1 is 1.79 bits per heavy atom. The normalized spacial score (nSPS) is 18.9. The van der Waals surface area contributed by atoms with E-state index in [2.05, 4.69) is 17.2 Å². The fourth-order valence-corrected chi connectivity index (χ4v) is 1.42. The highest BCUT2D eigenvalue weighted by atomic mass is 16.5. The summed E-state index contributed by atoms with van der Waals surface area (Å²) in [5, 5.41) is 7.47. The van der Waals surface area contributed by atoms with E-state index in [4.69, 9.17) is 10.5 Å². The van der Waals surface area contributed by atoms with E-state index in [0.717, 1.165) is 13.2 Å². The third-order valence-corrected chi connectivity index (χ3v) is 2.24. The maximum Gasteiger partial charge on any atom is 0.270 e. The topological polar surface area (TPSA) is 83.0 Å². The van der Waals surface area contributed by atoms with Gasteiger partial charge in [0.25, 0.3) is 5.91 Å². The molecule has 0 bridgehead atoms. The van der Waals surface area contributed by atoms with Crippen LogP contribution in [0.2, 0.25) is 0 Å². The average Bonchev–Trinajstić information content (AvgIpc) is 2.50. The van der Waals surface area contributed by atoms with Gasteiger partial charge in [-0.3, -0.25) is 9.48 Å². The molecule has 2 heterocycles. The van der Waals surface area contributed by atoms with Crippen molar-refractivity contribution in [3.8, 4) is 0 Å². The number of ether oxygens (including phenoxy) is 1. The van der Waals surface area contributed by atoms with E-state index in [1.165, 1.54) is 0 Å². The van der Waals surface area contributed by atoms with E-state index >= 15 is 0 Å². The monoisotopic (exact) mass is 196 g/mol. The quantitative estimate of drug-likeness (QED) is 0.700. The number of carbonyl (C=O) groups excluding carboxylic acids is 1. The van der Waals surface area contributed by atoms with Crippen LogP contribution >= 0.6 is 0 Å². The van der Waals surface area contributed by atoms with Gasteiger partial charge in [0, 0.05) is 5.41 Å². The molecule has 1 saturated heterocycles. The van der Waals surface area contributed by atoms with Crippen LogP contribution in [0.3, 0.4) is 0 Å². The average molecular weight is 196 g/mol. The summed E-state index contributed by atoms with van der Waals surface area (Å²) in [7, 11) is 0. The highest BCUT2D eigenvalue weighted by Gasteiger charge is 2.34. The number of primary amides is 1. The predicted molar refractivity (Wildman–Crippen MR) is 47.5 cm³/mol. The maximum absolute atomic E-state index is 10.7. The second kappa shape index (κ2) is 3.06. The molecule has 0 saturated carbocycles.